The lowest BCUT2D eigenvalue weighted by Crippen LogP contribution is -2.69. The predicted molar refractivity (Wildman–Crippen MR) is 116 cm³/mol. The second-order valence-corrected chi connectivity index (χ2v) is 8.82. The Labute approximate surface area is 170 Å². The van der Waals surface area contributed by atoms with Crippen molar-refractivity contribution in [3.8, 4) is 17.0 Å². The number of thiazole rings is 1. The molecular weight excluding hydrogens is 371 g/mol. The van der Waals surface area contributed by atoms with Gasteiger partial charge < -0.3 is 13.9 Å². The number of hydrogen-bond donors (Lipinski definition) is 1. The van der Waals surface area contributed by atoms with E-state index in [4.69, 9.17) is 19.5 Å². The topological polar surface area (TPSA) is 55.7 Å². The first-order valence-corrected chi connectivity index (χ1v) is 10.3. The molecule has 0 saturated carbocycles. The van der Waals surface area contributed by atoms with Crippen LogP contribution in [0.4, 0.5) is 5.13 Å². The highest BCUT2D eigenvalue weighted by atomic mass is 32.1. The molecule has 2 aromatic rings. The second-order valence-electron chi connectivity index (χ2n) is 7.62. The number of rotatable bonds is 3. The van der Waals surface area contributed by atoms with E-state index in [9.17, 15) is 0 Å². The van der Waals surface area contributed by atoms with Gasteiger partial charge in [-0.15, -0.1) is 11.3 Å². The maximum Gasteiger partial charge on any atom is 0.292 e. The average molecular weight is 398 g/mol. The molecule has 0 amide bonds. The summed E-state index contributed by atoms with van der Waals surface area (Å²) >= 11 is 1.65. The molecule has 5 heterocycles. The lowest BCUT2D eigenvalue weighted by atomic mass is 9.72. The van der Waals surface area contributed by atoms with Gasteiger partial charge in [0.15, 0.2) is 18.7 Å². The number of ether oxygens (including phenoxy) is 2. The molecule has 0 aliphatic carbocycles. The number of nitrogens with one attached hydrogen (secondary N) is 1. The van der Waals surface area contributed by atoms with Crippen molar-refractivity contribution >= 4 is 30.5 Å². The monoisotopic (exact) mass is 398 g/mol. The van der Waals surface area contributed by atoms with Gasteiger partial charge in [0, 0.05) is 29.4 Å². The Hall–Kier alpha value is -2.06. The molecule has 3 saturated heterocycles. The number of quaternary nitrogens is 1. The SMILES string of the molecule is [BH3-][N+]12CCC(CC1)C1(CN=C(Nc3nc(-c4ccc(OC)cc4)c(C)s3)O1)C2. The van der Waals surface area contributed by atoms with E-state index >= 15 is 0 Å². The summed E-state index contributed by atoms with van der Waals surface area (Å²) in [6, 6.07) is 8.70. The summed E-state index contributed by atoms with van der Waals surface area (Å²) in [6.07, 6.45) is 2.62. The molecule has 1 spiro atoms. The maximum absolute atomic E-state index is 6.49. The number of fused-ring (bicyclic) bond motifs is 2. The van der Waals surface area contributed by atoms with E-state index in [1.807, 2.05) is 24.3 Å². The fourth-order valence-electron chi connectivity index (χ4n) is 4.51. The Balaban J connectivity index is 1.31. The quantitative estimate of drug-likeness (QED) is 0.806. The van der Waals surface area contributed by atoms with Gasteiger partial charge in [0.25, 0.3) is 6.02 Å². The van der Waals surface area contributed by atoms with Crippen LogP contribution in [0.25, 0.3) is 11.3 Å². The third-order valence-electron chi connectivity index (χ3n) is 5.99. The molecule has 4 aliphatic heterocycles. The van der Waals surface area contributed by atoms with Crippen LogP contribution in [-0.4, -0.2) is 62.3 Å². The zero-order chi connectivity index (χ0) is 19.4. The number of methoxy groups -OCH3 is 1. The van der Waals surface area contributed by atoms with Gasteiger partial charge >= 0.3 is 0 Å². The largest absolute Gasteiger partial charge is 0.519 e. The second kappa shape index (κ2) is 6.49. The fourth-order valence-corrected chi connectivity index (χ4v) is 5.33. The van der Waals surface area contributed by atoms with Crippen LogP contribution in [0.5, 0.6) is 5.75 Å². The lowest BCUT2D eigenvalue weighted by Gasteiger charge is -2.60. The van der Waals surface area contributed by atoms with E-state index in [0.717, 1.165) is 28.7 Å². The molecule has 3 fully saturated rings. The molecule has 0 radical (unpaired) electrons. The third-order valence-corrected chi connectivity index (χ3v) is 6.87. The van der Waals surface area contributed by atoms with E-state index in [0.29, 0.717) is 11.9 Å². The molecule has 1 atom stereocenters. The normalized spacial score (nSPS) is 31.0. The summed E-state index contributed by atoms with van der Waals surface area (Å²) in [5.74, 6) is 1.52. The average Bonchev–Trinajstić information content (AvgIpc) is 3.25. The molecule has 6 nitrogen and oxygen atoms in total. The van der Waals surface area contributed by atoms with Crippen molar-refractivity contribution in [2.75, 3.05) is 38.6 Å². The number of aliphatic imine (C=N–C) groups is 1. The van der Waals surface area contributed by atoms with Crippen LogP contribution < -0.4 is 10.1 Å². The zero-order valence-corrected chi connectivity index (χ0v) is 16.5. The van der Waals surface area contributed by atoms with Crippen LogP contribution >= 0.6 is 11.3 Å². The zero-order valence-electron chi connectivity index (χ0n) is 15.7. The van der Waals surface area contributed by atoms with Gasteiger partial charge in [0.2, 0.25) is 0 Å². The number of benzene rings is 1. The van der Waals surface area contributed by atoms with Gasteiger partial charge in [0.1, 0.15) is 5.75 Å². The number of aromatic nitrogens is 1. The minimum absolute atomic E-state index is 0.0499. The first-order chi connectivity index (χ1) is 13.5. The third kappa shape index (κ3) is 2.99. The first-order valence-electron chi connectivity index (χ1n) is 9.50. The summed E-state index contributed by atoms with van der Waals surface area (Å²) in [6.45, 7) is 6.86. The minimum atomic E-state index is -0.0499. The Morgan fingerprint density at radius 1 is 1.29 bits per heavy atom. The van der Waals surface area contributed by atoms with Crippen molar-refractivity contribution in [1.29, 1.82) is 0 Å². The van der Waals surface area contributed by atoms with Crippen molar-refractivity contribution in [3.05, 3.63) is 29.1 Å². The molecule has 28 heavy (non-hydrogen) atoms. The van der Waals surface area contributed by atoms with Crippen molar-refractivity contribution in [2.24, 2.45) is 10.9 Å². The van der Waals surface area contributed by atoms with Gasteiger partial charge in [-0.25, -0.2) is 9.98 Å². The standard InChI is InChI=1S/C20H27BN4O2S/c1-13-17(14-3-5-16(26-2)6-4-14)23-19(28-13)24-18-22-11-20(27-18)12-25(21)9-7-15(20)8-10-25/h3-6,15H,7-12H2,1-2,21H3,(H,22,23,24). The summed E-state index contributed by atoms with van der Waals surface area (Å²) < 4.78 is 13.1. The van der Waals surface area contributed by atoms with E-state index in [-0.39, 0.29) is 13.6 Å². The Morgan fingerprint density at radius 2 is 2.04 bits per heavy atom. The van der Waals surface area contributed by atoms with Crippen LogP contribution in [0.3, 0.4) is 0 Å². The molecule has 6 rings (SSSR count). The van der Waals surface area contributed by atoms with E-state index in [1.165, 1.54) is 41.7 Å². The molecule has 1 aromatic heterocycles. The molecule has 1 unspecified atom stereocenters. The molecule has 2 bridgehead atoms. The summed E-state index contributed by atoms with van der Waals surface area (Å²) in [7, 11) is 1.96. The summed E-state index contributed by atoms with van der Waals surface area (Å²) in [5, 5.41) is 4.21. The van der Waals surface area contributed by atoms with Crippen molar-refractivity contribution in [1.82, 2.24) is 4.98 Å². The summed E-state index contributed by atoms with van der Waals surface area (Å²) in [5.41, 5.74) is 2.04. The van der Waals surface area contributed by atoms with Crippen molar-refractivity contribution < 1.29 is 13.9 Å². The fraction of sp³-hybridized carbons (Fsp3) is 0.500. The Kier molecular flexibility index (Phi) is 4.17. The van der Waals surface area contributed by atoms with Crippen LogP contribution in [0, 0.1) is 12.8 Å². The van der Waals surface area contributed by atoms with Gasteiger partial charge in [-0.3, -0.25) is 5.32 Å². The lowest BCUT2D eigenvalue weighted by molar-refractivity contribution is -0.845. The van der Waals surface area contributed by atoms with E-state index in [2.05, 4.69) is 12.2 Å². The van der Waals surface area contributed by atoms with Crippen molar-refractivity contribution in [2.45, 2.75) is 25.4 Å². The highest BCUT2D eigenvalue weighted by Gasteiger charge is 2.55. The van der Waals surface area contributed by atoms with Crippen molar-refractivity contribution in [3.63, 3.8) is 0 Å². The van der Waals surface area contributed by atoms with Crippen LogP contribution in [0.1, 0.15) is 17.7 Å². The molecule has 1 N–H and O–H groups in total. The van der Waals surface area contributed by atoms with E-state index < -0.39 is 0 Å². The number of hydrogen-bond acceptors (Lipinski definition) is 6. The highest BCUT2D eigenvalue weighted by molar-refractivity contribution is 7.16. The van der Waals surface area contributed by atoms with Crippen LogP contribution in [0.15, 0.2) is 29.3 Å². The molecule has 8 heteroatoms. The maximum atomic E-state index is 6.49. The van der Waals surface area contributed by atoms with Gasteiger partial charge in [-0.2, -0.15) is 0 Å². The van der Waals surface area contributed by atoms with E-state index in [1.54, 1.807) is 18.4 Å². The minimum Gasteiger partial charge on any atom is -0.519 e. The Morgan fingerprint density at radius 3 is 2.71 bits per heavy atom. The van der Waals surface area contributed by atoms with Gasteiger partial charge in [0.05, 0.1) is 25.9 Å². The van der Waals surface area contributed by atoms with Gasteiger partial charge in [-0.1, -0.05) is 0 Å². The summed E-state index contributed by atoms with van der Waals surface area (Å²) in [4.78, 5) is 10.7. The Bertz CT molecular complexity index is 921. The number of piperidine rings is 3. The highest BCUT2D eigenvalue weighted by Crippen LogP contribution is 2.43. The smallest absolute Gasteiger partial charge is 0.292 e. The number of aryl methyl sites for hydroxylation is 1. The number of nitrogens with zero attached hydrogens (tertiary/aromatic N) is 3. The molecule has 148 valence electrons. The van der Waals surface area contributed by atoms with Crippen LogP contribution in [0.2, 0.25) is 0 Å². The van der Waals surface area contributed by atoms with Crippen LogP contribution in [-0.2, 0) is 4.74 Å². The predicted octanol–water partition coefficient (Wildman–Crippen LogP) is 2.18. The number of amidine groups is 1. The van der Waals surface area contributed by atoms with Gasteiger partial charge in [-0.05, 0) is 44.0 Å². The molecule has 1 aromatic carbocycles. The first kappa shape index (κ1) is 18.0. The molecular formula is C20H27BN4O2S. The number of anilines is 1. The molecule has 4 aliphatic rings.